The highest BCUT2D eigenvalue weighted by molar-refractivity contribution is 7.80. The molecule has 0 radical (unpaired) electrons. The summed E-state index contributed by atoms with van der Waals surface area (Å²) in [4.78, 5) is 12.6. The van der Waals surface area contributed by atoms with Crippen molar-refractivity contribution in [3.8, 4) is 5.69 Å². The summed E-state index contributed by atoms with van der Waals surface area (Å²) >= 11 is 5.31. The maximum atomic E-state index is 12.6. The van der Waals surface area contributed by atoms with Crippen LogP contribution in [0.2, 0.25) is 0 Å². The van der Waals surface area contributed by atoms with Crippen LogP contribution in [0.25, 0.3) is 5.69 Å². The highest BCUT2D eigenvalue weighted by atomic mass is 32.1. The fraction of sp³-hybridized carbons (Fsp3) is 0.455. The van der Waals surface area contributed by atoms with Gasteiger partial charge in [-0.2, -0.15) is 0 Å². The second-order valence-corrected chi connectivity index (χ2v) is 8.43. The van der Waals surface area contributed by atoms with Gasteiger partial charge in [0, 0.05) is 5.70 Å². The Kier molecular flexibility index (Phi) is 6.06. The Morgan fingerprint density at radius 2 is 2.13 bits per heavy atom. The van der Waals surface area contributed by atoms with Gasteiger partial charge in [0.25, 0.3) is 0 Å². The first-order chi connectivity index (χ1) is 14.9. The lowest BCUT2D eigenvalue weighted by Crippen LogP contribution is -2.45. The number of benzene rings is 1. The fourth-order valence-electron chi connectivity index (χ4n) is 4.27. The first-order valence-corrected chi connectivity index (χ1v) is 11.0. The highest BCUT2D eigenvalue weighted by Gasteiger charge is 2.34. The van der Waals surface area contributed by atoms with Gasteiger partial charge in [0.05, 0.1) is 30.1 Å². The van der Waals surface area contributed by atoms with Crippen molar-refractivity contribution >= 4 is 23.3 Å². The van der Waals surface area contributed by atoms with Crippen molar-refractivity contribution in [3.05, 3.63) is 53.0 Å². The molecule has 1 atom stereocenters. The second kappa shape index (κ2) is 8.76. The zero-order valence-electron chi connectivity index (χ0n) is 17.7. The van der Waals surface area contributed by atoms with E-state index in [2.05, 4.69) is 20.9 Å². The molecule has 164 valence electrons. The summed E-state index contributed by atoms with van der Waals surface area (Å²) < 4.78 is 6.92. The topological polar surface area (TPSA) is 101 Å². The number of rotatable bonds is 5. The number of hydrogen-bond donors (Lipinski definition) is 3. The predicted molar refractivity (Wildman–Crippen MR) is 119 cm³/mol. The van der Waals surface area contributed by atoms with Gasteiger partial charge in [-0.25, -0.2) is 9.48 Å². The van der Waals surface area contributed by atoms with Crippen molar-refractivity contribution in [1.29, 1.82) is 0 Å². The first-order valence-electron chi connectivity index (χ1n) is 10.6. The van der Waals surface area contributed by atoms with Gasteiger partial charge in [-0.05, 0) is 56.6 Å². The van der Waals surface area contributed by atoms with Gasteiger partial charge < -0.3 is 20.5 Å². The van der Waals surface area contributed by atoms with Crippen LogP contribution in [0.5, 0.6) is 0 Å². The molecule has 3 N–H and O–H groups in total. The summed E-state index contributed by atoms with van der Waals surface area (Å²) in [7, 11) is 0. The van der Waals surface area contributed by atoms with Crippen molar-refractivity contribution in [3.63, 3.8) is 0 Å². The van der Waals surface area contributed by atoms with Gasteiger partial charge in [-0.3, -0.25) is 0 Å². The van der Waals surface area contributed by atoms with Gasteiger partial charge in [0.1, 0.15) is 11.3 Å². The van der Waals surface area contributed by atoms with E-state index >= 15 is 0 Å². The molecule has 4 rings (SSSR count). The van der Waals surface area contributed by atoms with E-state index in [4.69, 9.17) is 17.0 Å². The average Bonchev–Trinajstić information content (AvgIpc) is 3.25. The largest absolute Gasteiger partial charge is 0.463 e. The van der Waals surface area contributed by atoms with Crippen LogP contribution in [-0.2, 0) is 15.1 Å². The van der Waals surface area contributed by atoms with E-state index in [1.165, 1.54) is 0 Å². The molecular formula is C22H27N5O3S. The molecule has 2 heterocycles. The van der Waals surface area contributed by atoms with Crippen molar-refractivity contribution in [1.82, 2.24) is 25.6 Å². The van der Waals surface area contributed by atoms with Crippen LogP contribution in [-0.4, -0.2) is 37.8 Å². The molecule has 1 aromatic carbocycles. The van der Waals surface area contributed by atoms with Crippen LogP contribution in [0.15, 0.2) is 41.7 Å². The maximum Gasteiger partial charge on any atom is 0.338 e. The standard InChI is InChI=1S/C22H27N5O3S/c1-3-30-20(28)18-14(2)23-21(31)24-19(18)15-8-7-9-16(12-15)27-13-17(25-26-27)22(29)10-5-4-6-11-22/h7-9,12-13,19,29H,3-6,10-11H2,1-2H3,(H2,23,24,31). The SMILES string of the molecule is CCOC(=O)C1=C(C)NC(=S)NC1c1cccc(-n2cc(C3(O)CCCCC3)nn2)c1. The van der Waals surface area contributed by atoms with Crippen LogP contribution in [0.1, 0.15) is 63.3 Å². The third kappa shape index (κ3) is 4.33. The van der Waals surface area contributed by atoms with E-state index in [1.807, 2.05) is 31.2 Å². The van der Waals surface area contributed by atoms with E-state index in [-0.39, 0.29) is 12.6 Å². The summed E-state index contributed by atoms with van der Waals surface area (Å²) in [6.07, 6.45) is 6.31. The number of hydrogen-bond acceptors (Lipinski definition) is 6. The van der Waals surface area contributed by atoms with Crippen LogP contribution in [0, 0.1) is 0 Å². The molecule has 2 aliphatic rings. The number of aromatic nitrogens is 3. The Hall–Kier alpha value is -2.78. The molecular weight excluding hydrogens is 414 g/mol. The smallest absolute Gasteiger partial charge is 0.338 e. The lowest BCUT2D eigenvalue weighted by Gasteiger charge is -2.30. The number of carbonyl (C=O) groups is 1. The molecule has 0 amide bonds. The lowest BCUT2D eigenvalue weighted by atomic mass is 9.83. The van der Waals surface area contributed by atoms with Gasteiger partial charge in [-0.15, -0.1) is 5.10 Å². The van der Waals surface area contributed by atoms with Gasteiger partial charge in [0.2, 0.25) is 0 Å². The van der Waals surface area contributed by atoms with E-state index in [1.54, 1.807) is 17.8 Å². The number of esters is 1. The molecule has 8 nitrogen and oxygen atoms in total. The van der Waals surface area contributed by atoms with E-state index in [9.17, 15) is 9.90 Å². The number of carbonyl (C=O) groups excluding carboxylic acids is 1. The van der Waals surface area contributed by atoms with Crippen LogP contribution in [0.4, 0.5) is 0 Å². The molecule has 9 heteroatoms. The van der Waals surface area contributed by atoms with Gasteiger partial charge in [-0.1, -0.05) is 36.6 Å². The van der Waals surface area contributed by atoms with Gasteiger partial charge in [0.15, 0.2) is 5.11 Å². The number of thiocarbonyl (C=S) groups is 1. The number of allylic oxidation sites excluding steroid dienone is 1. The Morgan fingerprint density at radius 1 is 1.35 bits per heavy atom. The molecule has 1 saturated carbocycles. The van der Waals surface area contributed by atoms with E-state index < -0.39 is 11.6 Å². The monoisotopic (exact) mass is 441 g/mol. The quantitative estimate of drug-likeness (QED) is 0.481. The number of ether oxygens (including phenoxy) is 1. The van der Waals surface area contributed by atoms with Crippen LogP contribution in [0.3, 0.4) is 0 Å². The Labute approximate surface area is 186 Å². The molecule has 2 aromatic rings. The molecule has 31 heavy (non-hydrogen) atoms. The van der Waals surface area contributed by atoms with Crippen LogP contribution < -0.4 is 10.6 Å². The summed E-state index contributed by atoms with van der Waals surface area (Å²) in [6.45, 7) is 3.88. The van der Waals surface area contributed by atoms with Crippen molar-refractivity contribution in [2.45, 2.75) is 57.6 Å². The normalized spacial score (nSPS) is 20.7. The summed E-state index contributed by atoms with van der Waals surface area (Å²) in [6, 6.07) is 7.22. The fourth-order valence-corrected chi connectivity index (χ4v) is 4.54. The zero-order chi connectivity index (χ0) is 22.0. The molecule has 0 saturated heterocycles. The second-order valence-electron chi connectivity index (χ2n) is 8.03. The Morgan fingerprint density at radius 3 is 2.87 bits per heavy atom. The molecule has 0 spiro atoms. The molecule has 1 aliphatic heterocycles. The molecule has 1 fully saturated rings. The maximum absolute atomic E-state index is 12.6. The Bertz CT molecular complexity index is 1030. The third-order valence-electron chi connectivity index (χ3n) is 5.88. The van der Waals surface area contributed by atoms with Crippen molar-refractivity contribution in [2.24, 2.45) is 0 Å². The molecule has 0 bridgehead atoms. The third-order valence-corrected chi connectivity index (χ3v) is 6.10. The average molecular weight is 442 g/mol. The van der Waals surface area contributed by atoms with E-state index in [0.717, 1.165) is 30.5 Å². The minimum Gasteiger partial charge on any atom is -0.463 e. The van der Waals surface area contributed by atoms with Crippen molar-refractivity contribution < 1.29 is 14.6 Å². The summed E-state index contributed by atoms with van der Waals surface area (Å²) in [5.74, 6) is -0.388. The minimum absolute atomic E-state index is 0.289. The molecule has 1 aliphatic carbocycles. The van der Waals surface area contributed by atoms with Gasteiger partial charge >= 0.3 is 5.97 Å². The number of nitrogens with one attached hydrogen (secondary N) is 2. The summed E-state index contributed by atoms with van der Waals surface area (Å²) in [5, 5.41) is 26.1. The number of aliphatic hydroxyl groups is 1. The predicted octanol–water partition coefficient (Wildman–Crippen LogP) is 2.77. The van der Waals surface area contributed by atoms with Crippen molar-refractivity contribution in [2.75, 3.05) is 6.61 Å². The zero-order valence-corrected chi connectivity index (χ0v) is 18.5. The minimum atomic E-state index is -0.909. The first kappa shape index (κ1) is 21.5. The number of nitrogens with zero attached hydrogens (tertiary/aromatic N) is 3. The summed E-state index contributed by atoms with van der Waals surface area (Å²) in [5.41, 5.74) is 2.47. The molecule has 1 unspecified atom stereocenters. The molecule has 1 aromatic heterocycles. The van der Waals surface area contributed by atoms with Crippen LogP contribution >= 0.6 is 12.2 Å². The Balaban J connectivity index is 1.66. The highest BCUT2D eigenvalue weighted by Crippen LogP contribution is 2.36. The van der Waals surface area contributed by atoms with E-state index in [0.29, 0.717) is 34.9 Å². The lowest BCUT2D eigenvalue weighted by molar-refractivity contribution is -0.139.